The number of carbonyl (C=O) groups is 1. The maximum absolute atomic E-state index is 12.9. The number of hydrogen-bond donors (Lipinski definition) is 1. The second-order valence-electron chi connectivity index (χ2n) is 6.19. The second kappa shape index (κ2) is 7.65. The Morgan fingerprint density at radius 3 is 2.11 bits per heavy atom. The molecule has 7 nitrogen and oxygen atoms in total. The lowest BCUT2D eigenvalue weighted by Crippen LogP contribution is -2.37. The Balaban J connectivity index is 1.90. The second-order valence-corrected chi connectivity index (χ2v) is 6.19. The minimum absolute atomic E-state index is 0.0436. The normalized spacial score (nSPS) is 13.2. The van der Waals surface area contributed by atoms with E-state index < -0.39 is 0 Å². The van der Waals surface area contributed by atoms with Crippen LogP contribution in [-0.4, -0.2) is 50.9 Å². The van der Waals surface area contributed by atoms with Gasteiger partial charge in [0.05, 0.1) is 28.4 Å². The van der Waals surface area contributed by atoms with Crippen LogP contribution in [-0.2, 0) is 13.0 Å². The van der Waals surface area contributed by atoms with Crippen LogP contribution >= 0.6 is 0 Å². The molecule has 2 aromatic rings. The van der Waals surface area contributed by atoms with Crippen LogP contribution < -0.4 is 18.9 Å². The molecule has 1 heterocycles. The first-order valence-electron chi connectivity index (χ1n) is 8.50. The van der Waals surface area contributed by atoms with Crippen LogP contribution in [0.4, 0.5) is 0 Å². The molecule has 1 aliphatic rings. The predicted molar refractivity (Wildman–Crippen MR) is 99.2 cm³/mol. The summed E-state index contributed by atoms with van der Waals surface area (Å²) in [6.07, 6.45) is 0.656. The summed E-state index contributed by atoms with van der Waals surface area (Å²) < 4.78 is 21.2. The van der Waals surface area contributed by atoms with Gasteiger partial charge in [-0.1, -0.05) is 0 Å². The fraction of sp³-hybridized carbons (Fsp3) is 0.350. The fourth-order valence-corrected chi connectivity index (χ4v) is 3.31. The molecule has 3 rings (SSSR count). The number of methoxy groups -OCH3 is 4. The first-order valence-corrected chi connectivity index (χ1v) is 8.50. The number of nitrogens with zero attached hydrogens (tertiary/aromatic N) is 1. The van der Waals surface area contributed by atoms with Gasteiger partial charge in [-0.2, -0.15) is 0 Å². The average Bonchev–Trinajstić information content (AvgIpc) is 2.69. The van der Waals surface area contributed by atoms with E-state index in [1.807, 2.05) is 12.1 Å². The number of aromatic hydroxyl groups is 1. The predicted octanol–water partition coefficient (Wildman–Crippen LogP) is 2.63. The molecule has 0 saturated heterocycles. The lowest BCUT2D eigenvalue weighted by atomic mass is 9.97. The molecule has 1 amide bonds. The van der Waals surface area contributed by atoms with E-state index in [1.54, 1.807) is 38.4 Å². The molecule has 1 N–H and O–H groups in total. The van der Waals surface area contributed by atoms with Gasteiger partial charge in [0, 0.05) is 18.7 Å². The molecule has 144 valence electrons. The summed E-state index contributed by atoms with van der Waals surface area (Å²) in [5.74, 6) is 1.83. The summed E-state index contributed by atoms with van der Waals surface area (Å²) in [4.78, 5) is 14.7. The van der Waals surface area contributed by atoms with Crippen molar-refractivity contribution in [2.75, 3.05) is 35.0 Å². The van der Waals surface area contributed by atoms with Crippen molar-refractivity contribution >= 4 is 5.91 Å². The van der Waals surface area contributed by atoms with E-state index in [9.17, 15) is 9.90 Å². The summed E-state index contributed by atoms with van der Waals surface area (Å²) in [5.41, 5.74) is 2.23. The Bertz CT molecular complexity index is 839. The van der Waals surface area contributed by atoms with Crippen molar-refractivity contribution in [2.45, 2.75) is 13.0 Å². The molecule has 0 atom stereocenters. The lowest BCUT2D eigenvalue weighted by molar-refractivity contribution is 0.0726. The molecular weight excluding hydrogens is 350 g/mol. The Labute approximate surface area is 158 Å². The summed E-state index contributed by atoms with van der Waals surface area (Å²) >= 11 is 0. The zero-order chi connectivity index (χ0) is 19.6. The zero-order valence-electron chi connectivity index (χ0n) is 15.9. The first kappa shape index (κ1) is 18.7. The molecule has 2 aromatic carbocycles. The number of carbonyl (C=O) groups excluding carboxylic acids is 1. The fourth-order valence-electron chi connectivity index (χ4n) is 3.31. The number of fused-ring (bicyclic) bond motifs is 1. The van der Waals surface area contributed by atoms with Gasteiger partial charge in [-0.3, -0.25) is 4.79 Å². The number of phenols is 1. The smallest absolute Gasteiger partial charge is 0.254 e. The molecule has 1 aliphatic heterocycles. The molecule has 27 heavy (non-hydrogen) atoms. The van der Waals surface area contributed by atoms with Gasteiger partial charge in [-0.05, 0) is 41.8 Å². The van der Waals surface area contributed by atoms with E-state index >= 15 is 0 Å². The molecular formula is C20H23NO6. The topological polar surface area (TPSA) is 77.5 Å². The van der Waals surface area contributed by atoms with Crippen LogP contribution in [0.25, 0.3) is 0 Å². The van der Waals surface area contributed by atoms with Gasteiger partial charge in [0.15, 0.2) is 23.0 Å². The molecule has 0 spiro atoms. The van der Waals surface area contributed by atoms with Crippen molar-refractivity contribution in [1.82, 2.24) is 4.90 Å². The Kier molecular flexibility index (Phi) is 5.30. The van der Waals surface area contributed by atoms with Crippen LogP contribution in [0.15, 0.2) is 24.3 Å². The Hall–Kier alpha value is -3.09. The number of phenolic OH excluding ortho intramolecular Hbond substituents is 1. The molecule has 7 heteroatoms. The monoisotopic (exact) mass is 373 g/mol. The van der Waals surface area contributed by atoms with Gasteiger partial charge < -0.3 is 29.0 Å². The minimum Gasteiger partial charge on any atom is -0.504 e. The number of ether oxygens (including phenoxy) is 4. The highest BCUT2D eigenvalue weighted by Crippen LogP contribution is 2.39. The van der Waals surface area contributed by atoms with E-state index in [0.29, 0.717) is 42.3 Å². The highest BCUT2D eigenvalue weighted by atomic mass is 16.5. The summed E-state index contributed by atoms with van der Waals surface area (Å²) in [5, 5.41) is 9.93. The molecule has 0 radical (unpaired) electrons. The number of amides is 1. The third kappa shape index (κ3) is 3.45. The van der Waals surface area contributed by atoms with Crippen LogP contribution in [0.1, 0.15) is 21.5 Å². The maximum atomic E-state index is 12.9. The Morgan fingerprint density at radius 2 is 1.56 bits per heavy atom. The molecule has 0 aliphatic carbocycles. The van der Waals surface area contributed by atoms with Gasteiger partial charge in [0.1, 0.15) is 0 Å². The highest BCUT2D eigenvalue weighted by Gasteiger charge is 2.27. The largest absolute Gasteiger partial charge is 0.504 e. The summed E-state index contributed by atoms with van der Waals surface area (Å²) in [6, 6.07) is 6.86. The van der Waals surface area contributed by atoms with Crippen molar-refractivity contribution in [3.05, 3.63) is 41.0 Å². The average molecular weight is 373 g/mol. The highest BCUT2D eigenvalue weighted by molar-refractivity contribution is 5.97. The van der Waals surface area contributed by atoms with E-state index in [-0.39, 0.29) is 17.4 Å². The standard InChI is InChI=1S/C20H23NO6/c1-24-16-10-14-13(9-15(16)22)5-6-21(20(14)23)11-12-7-17(25-2)19(27-4)18(8-12)26-3/h7-10,22H,5-6,11H2,1-4H3. The number of hydrogen-bond acceptors (Lipinski definition) is 6. The van der Waals surface area contributed by atoms with E-state index in [1.165, 1.54) is 7.11 Å². The molecule has 0 fully saturated rings. The van der Waals surface area contributed by atoms with Gasteiger partial charge in [-0.25, -0.2) is 0 Å². The van der Waals surface area contributed by atoms with Crippen molar-refractivity contribution in [1.29, 1.82) is 0 Å². The third-order valence-corrected chi connectivity index (χ3v) is 4.67. The quantitative estimate of drug-likeness (QED) is 0.839. The molecule has 0 aromatic heterocycles. The van der Waals surface area contributed by atoms with Crippen molar-refractivity contribution in [3.8, 4) is 28.7 Å². The Morgan fingerprint density at radius 1 is 0.926 bits per heavy atom. The van der Waals surface area contributed by atoms with Crippen molar-refractivity contribution < 1.29 is 28.8 Å². The van der Waals surface area contributed by atoms with Crippen molar-refractivity contribution in [3.63, 3.8) is 0 Å². The van der Waals surface area contributed by atoms with Crippen molar-refractivity contribution in [2.24, 2.45) is 0 Å². The van der Waals surface area contributed by atoms with Gasteiger partial charge >= 0.3 is 0 Å². The lowest BCUT2D eigenvalue weighted by Gasteiger charge is -2.29. The number of benzene rings is 2. The van der Waals surface area contributed by atoms with Crippen LogP contribution in [0.2, 0.25) is 0 Å². The molecule has 0 saturated carbocycles. The van der Waals surface area contributed by atoms with Crippen LogP contribution in [0, 0.1) is 0 Å². The number of rotatable bonds is 6. The maximum Gasteiger partial charge on any atom is 0.254 e. The van der Waals surface area contributed by atoms with Gasteiger partial charge in [0.2, 0.25) is 5.75 Å². The molecule has 0 bridgehead atoms. The summed E-state index contributed by atoms with van der Waals surface area (Å²) in [6.45, 7) is 0.951. The zero-order valence-corrected chi connectivity index (χ0v) is 15.9. The third-order valence-electron chi connectivity index (χ3n) is 4.67. The molecule has 0 unspecified atom stereocenters. The first-order chi connectivity index (χ1) is 13.0. The van der Waals surface area contributed by atoms with E-state index in [4.69, 9.17) is 18.9 Å². The van der Waals surface area contributed by atoms with E-state index in [2.05, 4.69) is 0 Å². The SMILES string of the molecule is COc1cc2c(cc1O)CCN(Cc1cc(OC)c(OC)c(OC)c1)C2=O. The van der Waals surface area contributed by atoms with Crippen LogP contribution in [0.5, 0.6) is 28.7 Å². The minimum atomic E-state index is -0.108. The summed E-state index contributed by atoms with van der Waals surface area (Å²) in [7, 11) is 6.13. The van der Waals surface area contributed by atoms with Crippen LogP contribution in [0.3, 0.4) is 0 Å². The van der Waals surface area contributed by atoms with E-state index in [0.717, 1.165) is 11.1 Å². The van der Waals surface area contributed by atoms with Gasteiger partial charge in [0.25, 0.3) is 5.91 Å². The van der Waals surface area contributed by atoms with Gasteiger partial charge in [-0.15, -0.1) is 0 Å².